The highest BCUT2D eigenvalue weighted by Crippen LogP contribution is 2.27. The van der Waals surface area contributed by atoms with Gasteiger partial charge < -0.3 is 0 Å². The lowest BCUT2D eigenvalue weighted by molar-refractivity contribution is 0.603. The number of benzene rings is 1. The Kier molecular flexibility index (Phi) is 4.29. The molecule has 1 atom stereocenters. The number of halogens is 1. The molecule has 19 heavy (non-hydrogen) atoms. The Hall–Kier alpha value is -0.890. The van der Waals surface area contributed by atoms with Gasteiger partial charge in [0.1, 0.15) is 4.21 Å². The molecule has 1 unspecified atom stereocenters. The number of hydrogen-bond acceptors (Lipinski definition) is 4. The van der Waals surface area contributed by atoms with Gasteiger partial charge in [0, 0.05) is 11.3 Å². The van der Waals surface area contributed by atoms with Crippen molar-refractivity contribution in [1.29, 1.82) is 0 Å². The largest absolute Gasteiger partial charge is 0.278 e. The molecule has 0 fully saturated rings. The molecular formula is C11H10ClNO3S3. The van der Waals surface area contributed by atoms with Crippen LogP contribution in [-0.2, 0) is 20.8 Å². The molecule has 2 rings (SSSR count). The SMILES string of the molecule is CS(=O)c1ccc(Cl)cc1NS(=O)(=O)c1cccs1. The summed E-state index contributed by atoms with van der Waals surface area (Å²) in [6, 6.07) is 7.71. The highest BCUT2D eigenvalue weighted by Gasteiger charge is 2.18. The molecule has 0 saturated heterocycles. The zero-order valence-electron chi connectivity index (χ0n) is 9.79. The van der Waals surface area contributed by atoms with Gasteiger partial charge in [0.2, 0.25) is 0 Å². The van der Waals surface area contributed by atoms with Crippen molar-refractivity contribution >= 4 is 49.4 Å². The third-order valence-electron chi connectivity index (χ3n) is 2.26. The first-order valence-corrected chi connectivity index (χ1v) is 9.39. The van der Waals surface area contributed by atoms with Gasteiger partial charge >= 0.3 is 0 Å². The van der Waals surface area contributed by atoms with E-state index in [2.05, 4.69) is 4.72 Å². The van der Waals surface area contributed by atoms with Gasteiger partial charge in [-0.1, -0.05) is 17.7 Å². The Labute approximate surface area is 122 Å². The molecule has 0 saturated carbocycles. The maximum absolute atomic E-state index is 12.1. The number of thiophene rings is 1. The van der Waals surface area contributed by atoms with Crippen LogP contribution >= 0.6 is 22.9 Å². The molecule has 0 radical (unpaired) electrons. The van der Waals surface area contributed by atoms with Gasteiger partial charge in [0.25, 0.3) is 10.0 Å². The van der Waals surface area contributed by atoms with Gasteiger partial charge in [-0.25, -0.2) is 8.42 Å². The molecule has 1 heterocycles. The van der Waals surface area contributed by atoms with Crippen LogP contribution in [0.4, 0.5) is 5.69 Å². The van der Waals surface area contributed by atoms with Crippen molar-refractivity contribution < 1.29 is 12.6 Å². The molecule has 1 N–H and O–H groups in total. The monoisotopic (exact) mass is 335 g/mol. The van der Waals surface area contributed by atoms with Crippen molar-refractivity contribution in [3.63, 3.8) is 0 Å². The van der Waals surface area contributed by atoms with Crippen LogP contribution in [-0.4, -0.2) is 18.9 Å². The fraction of sp³-hybridized carbons (Fsp3) is 0.0909. The van der Waals surface area contributed by atoms with E-state index in [1.807, 2.05) is 0 Å². The smallest absolute Gasteiger partial charge is 0.271 e. The summed E-state index contributed by atoms with van der Waals surface area (Å²) in [4.78, 5) is 0.393. The summed E-state index contributed by atoms with van der Waals surface area (Å²) >= 11 is 6.95. The van der Waals surface area contributed by atoms with Crippen molar-refractivity contribution in [1.82, 2.24) is 0 Å². The topological polar surface area (TPSA) is 63.2 Å². The Morgan fingerprint density at radius 2 is 2.05 bits per heavy atom. The Bertz CT molecular complexity index is 711. The summed E-state index contributed by atoms with van der Waals surface area (Å²) in [5, 5.41) is 2.05. The molecule has 1 aromatic carbocycles. The predicted octanol–water partition coefficient (Wildman–Crippen LogP) is 2.94. The highest BCUT2D eigenvalue weighted by atomic mass is 35.5. The summed E-state index contributed by atoms with van der Waals surface area (Å²) in [5.41, 5.74) is 0.238. The van der Waals surface area contributed by atoms with Crippen LogP contribution in [0.5, 0.6) is 0 Å². The minimum absolute atomic E-state index is 0.195. The molecule has 0 bridgehead atoms. The second kappa shape index (κ2) is 5.62. The van der Waals surface area contributed by atoms with E-state index in [9.17, 15) is 12.6 Å². The fourth-order valence-electron chi connectivity index (χ4n) is 1.44. The summed E-state index contributed by atoms with van der Waals surface area (Å²) in [7, 11) is -4.98. The number of rotatable bonds is 4. The average molecular weight is 336 g/mol. The Morgan fingerprint density at radius 3 is 2.63 bits per heavy atom. The zero-order chi connectivity index (χ0) is 14.0. The number of anilines is 1. The lowest BCUT2D eigenvalue weighted by Crippen LogP contribution is -2.13. The summed E-state index contributed by atoms with van der Waals surface area (Å²) in [5.74, 6) is 0. The third-order valence-corrected chi connectivity index (χ3v) is 6.23. The average Bonchev–Trinajstić information content (AvgIpc) is 2.81. The van der Waals surface area contributed by atoms with E-state index in [1.165, 1.54) is 18.4 Å². The molecule has 8 heteroatoms. The van der Waals surface area contributed by atoms with Gasteiger partial charge in [0.15, 0.2) is 0 Å². The van der Waals surface area contributed by atoms with Gasteiger partial charge in [-0.3, -0.25) is 8.93 Å². The molecule has 0 aliphatic carbocycles. The van der Waals surface area contributed by atoms with Crippen LogP contribution in [0.25, 0.3) is 0 Å². The van der Waals surface area contributed by atoms with Crippen LogP contribution in [0.1, 0.15) is 0 Å². The first kappa shape index (κ1) is 14.5. The Morgan fingerprint density at radius 1 is 1.32 bits per heavy atom. The Balaban J connectivity index is 2.44. The quantitative estimate of drug-likeness (QED) is 0.934. The van der Waals surface area contributed by atoms with Crippen molar-refractivity contribution in [3.8, 4) is 0 Å². The number of sulfonamides is 1. The molecule has 0 aliphatic heterocycles. The minimum atomic E-state index is -3.67. The summed E-state index contributed by atoms with van der Waals surface area (Å²) in [6.45, 7) is 0. The van der Waals surface area contributed by atoms with E-state index >= 15 is 0 Å². The first-order chi connectivity index (χ1) is 8.90. The second-order valence-electron chi connectivity index (χ2n) is 3.63. The minimum Gasteiger partial charge on any atom is -0.278 e. The van der Waals surface area contributed by atoms with E-state index in [-0.39, 0.29) is 9.90 Å². The van der Waals surface area contributed by atoms with Crippen molar-refractivity contribution in [2.75, 3.05) is 11.0 Å². The van der Waals surface area contributed by atoms with E-state index in [4.69, 9.17) is 11.6 Å². The van der Waals surface area contributed by atoms with Crippen LogP contribution in [0.2, 0.25) is 5.02 Å². The summed E-state index contributed by atoms with van der Waals surface area (Å²) in [6.07, 6.45) is 1.48. The molecule has 102 valence electrons. The van der Waals surface area contributed by atoms with Crippen molar-refractivity contribution in [2.24, 2.45) is 0 Å². The molecular weight excluding hydrogens is 326 g/mol. The molecule has 1 aromatic heterocycles. The maximum atomic E-state index is 12.1. The maximum Gasteiger partial charge on any atom is 0.271 e. The van der Waals surface area contributed by atoms with Crippen LogP contribution in [0.15, 0.2) is 44.8 Å². The number of nitrogens with one attached hydrogen (secondary N) is 1. The fourth-order valence-corrected chi connectivity index (χ4v) is 4.42. The zero-order valence-corrected chi connectivity index (χ0v) is 13.0. The van der Waals surface area contributed by atoms with Gasteiger partial charge in [0.05, 0.1) is 21.4 Å². The van der Waals surface area contributed by atoms with Crippen molar-refractivity contribution in [3.05, 3.63) is 40.7 Å². The molecule has 0 amide bonds. The van der Waals surface area contributed by atoms with E-state index in [0.717, 1.165) is 11.3 Å². The third kappa shape index (κ3) is 3.36. The molecule has 0 spiro atoms. The predicted molar refractivity (Wildman–Crippen MR) is 78.9 cm³/mol. The van der Waals surface area contributed by atoms with Crippen LogP contribution < -0.4 is 4.72 Å². The lowest BCUT2D eigenvalue weighted by atomic mass is 10.3. The normalized spacial score (nSPS) is 13.2. The number of hydrogen-bond donors (Lipinski definition) is 1. The first-order valence-electron chi connectivity index (χ1n) is 5.09. The molecule has 2 aromatic rings. The van der Waals surface area contributed by atoms with Gasteiger partial charge in [-0.15, -0.1) is 11.3 Å². The van der Waals surface area contributed by atoms with Crippen LogP contribution in [0, 0.1) is 0 Å². The van der Waals surface area contributed by atoms with Gasteiger partial charge in [-0.2, -0.15) is 0 Å². The van der Waals surface area contributed by atoms with E-state index in [0.29, 0.717) is 9.92 Å². The van der Waals surface area contributed by atoms with Gasteiger partial charge in [-0.05, 0) is 29.6 Å². The van der Waals surface area contributed by atoms with Crippen LogP contribution in [0.3, 0.4) is 0 Å². The lowest BCUT2D eigenvalue weighted by Gasteiger charge is -2.10. The second-order valence-corrected chi connectivity index (χ2v) is 8.27. The highest BCUT2D eigenvalue weighted by molar-refractivity contribution is 7.94. The van der Waals surface area contributed by atoms with E-state index < -0.39 is 20.8 Å². The molecule has 4 nitrogen and oxygen atoms in total. The van der Waals surface area contributed by atoms with Crippen molar-refractivity contribution in [2.45, 2.75) is 9.10 Å². The summed E-state index contributed by atoms with van der Waals surface area (Å²) < 4.78 is 38.4. The molecule has 0 aliphatic rings. The standard InChI is InChI=1S/C11H10ClNO3S3/c1-18(14)10-5-4-8(12)7-9(10)13-19(15,16)11-3-2-6-17-11/h2-7,13H,1H3. The van der Waals surface area contributed by atoms with E-state index in [1.54, 1.807) is 23.6 Å².